The first-order chi connectivity index (χ1) is 11.5. The van der Waals surface area contributed by atoms with E-state index in [0.29, 0.717) is 32.5 Å². The minimum Gasteiger partial charge on any atom is -0.508 e. The summed E-state index contributed by atoms with van der Waals surface area (Å²) >= 11 is 0. The molecule has 1 heterocycles. The third-order valence-electron chi connectivity index (χ3n) is 3.98. The Morgan fingerprint density at radius 1 is 1.21 bits per heavy atom. The Bertz CT molecular complexity index is 562. The van der Waals surface area contributed by atoms with E-state index in [1.165, 1.54) is 18.2 Å². The molecule has 0 aliphatic carbocycles. The first-order valence-electron chi connectivity index (χ1n) is 8.25. The topological polar surface area (TPSA) is 99.1 Å². The smallest absolute Gasteiger partial charge is 0.407 e. The number of benzene rings is 1. The summed E-state index contributed by atoms with van der Waals surface area (Å²) in [4.78, 5) is 25.7. The third-order valence-corrected chi connectivity index (χ3v) is 3.98. The number of hydrogen-bond acceptors (Lipinski definition) is 5. The zero-order chi connectivity index (χ0) is 17.5. The molecule has 1 aliphatic heterocycles. The molecule has 0 spiro atoms. The molecule has 3 N–H and O–H groups in total. The number of hydrogen-bond donors (Lipinski definition) is 3. The number of amides is 2. The molecule has 1 fully saturated rings. The molecule has 2 amide bonds. The minimum absolute atomic E-state index is 0.0132. The highest BCUT2D eigenvalue weighted by atomic mass is 16.5. The van der Waals surface area contributed by atoms with Crippen LogP contribution in [0.1, 0.15) is 43.0 Å². The SMILES string of the molecule is CCCCOC(=O)NC1CCN(C(=O)c2cc(O)cc(O)c2)CC1. The summed E-state index contributed by atoms with van der Waals surface area (Å²) in [6.07, 6.45) is 2.68. The molecule has 1 saturated heterocycles. The lowest BCUT2D eigenvalue weighted by molar-refractivity contribution is 0.0701. The van der Waals surface area contributed by atoms with E-state index in [4.69, 9.17) is 4.74 Å². The van der Waals surface area contributed by atoms with Crippen molar-refractivity contribution in [2.24, 2.45) is 0 Å². The van der Waals surface area contributed by atoms with Crippen molar-refractivity contribution in [2.45, 2.75) is 38.6 Å². The largest absolute Gasteiger partial charge is 0.508 e. The number of alkyl carbamates (subject to hydrolysis) is 1. The van der Waals surface area contributed by atoms with Crippen molar-refractivity contribution < 1.29 is 24.5 Å². The lowest BCUT2D eigenvalue weighted by Crippen LogP contribution is -2.46. The molecule has 7 heteroatoms. The third kappa shape index (κ3) is 5.04. The van der Waals surface area contributed by atoms with Crippen LogP contribution in [0.5, 0.6) is 11.5 Å². The minimum atomic E-state index is -0.411. The summed E-state index contributed by atoms with van der Waals surface area (Å²) in [5.74, 6) is -0.542. The van der Waals surface area contributed by atoms with Gasteiger partial charge in [-0.05, 0) is 31.4 Å². The number of piperidine rings is 1. The number of likely N-dealkylation sites (tertiary alicyclic amines) is 1. The van der Waals surface area contributed by atoms with Gasteiger partial charge in [0.15, 0.2) is 0 Å². The summed E-state index contributed by atoms with van der Waals surface area (Å²) in [5, 5.41) is 21.8. The maximum absolute atomic E-state index is 12.4. The van der Waals surface area contributed by atoms with Crippen molar-refractivity contribution in [1.29, 1.82) is 0 Å². The van der Waals surface area contributed by atoms with Gasteiger partial charge in [0.25, 0.3) is 5.91 Å². The monoisotopic (exact) mass is 336 g/mol. The van der Waals surface area contributed by atoms with Gasteiger partial charge in [-0.25, -0.2) is 4.79 Å². The van der Waals surface area contributed by atoms with Crippen LogP contribution in [0.2, 0.25) is 0 Å². The van der Waals surface area contributed by atoms with Crippen molar-refractivity contribution in [3.63, 3.8) is 0 Å². The molecule has 0 bridgehead atoms. The Hall–Kier alpha value is -2.44. The molecule has 1 aromatic carbocycles. The van der Waals surface area contributed by atoms with E-state index in [1.807, 2.05) is 6.92 Å². The second-order valence-electron chi connectivity index (χ2n) is 5.94. The summed E-state index contributed by atoms with van der Waals surface area (Å²) in [6.45, 7) is 3.44. The van der Waals surface area contributed by atoms with Crippen LogP contribution in [-0.4, -0.2) is 52.9 Å². The Labute approximate surface area is 141 Å². The number of ether oxygens (including phenoxy) is 1. The number of carbonyl (C=O) groups excluding carboxylic acids is 2. The van der Waals surface area contributed by atoms with Crippen molar-refractivity contribution in [2.75, 3.05) is 19.7 Å². The van der Waals surface area contributed by atoms with E-state index in [0.717, 1.165) is 12.8 Å². The number of rotatable bonds is 5. The predicted molar refractivity (Wildman–Crippen MR) is 88.1 cm³/mol. The molecule has 0 aromatic heterocycles. The highest BCUT2D eigenvalue weighted by molar-refractivity contribution is 5.95. The zero-order valence-electron chi connectivity index (χ0n) is 13.8. The first-order valence-corrected chi connectivity index (χ1v) is 8.25. The molecule has 2 rings (SSSR count). The van der Waals surface area contributed by atoms with Crippen molar-refractivity contribution in [1.82, 2.24) is 10.2 Å². The number of aromatic hydroxyl groups is 2. The van der Waals surface area contributed by atoms with Gasteiger partial charge in [0.2, 0.25) is 0 Å². The van der Waals surface area contributed by atoms with Gasteiger partial charge < -0.3 is 25.2 Å². The van der Waals surface area contributed by atoms with Crippen molar-refractivity contribution in [3.8, 4) is 11.5 Å². The van der Waals surface area contributed by atoms with Gasteiger partial charge in [-0.2, -0.15) is 0 Å². The Morgan fingerprint density at radius 2 is 1.83 bits per heavy atom. The number of carbonyl (C=O) groups is 2. The van der Waals surface area contributed by atoms with Gasteiger partial charge in [0, 0.05) is 30.8 Å². The van der Waals surface area contributed by atoms with Gasteiger partial charge in [0.05, 0.1) is 6.61 Å². The maximum Gasteiger partial charge on any atom is 0.407 e. The standard InChI is InChI=1S/C17H24N2O5/c1-2-3-8-24-17(23)18-13-4-6-19(7-5-13)16(22)12-9-14(20)11-15(21)10-12/h9-11,13,20-21H,2-8H2,1H3,(H,18,23). The molecule has 1 aliphatic rings. The van der Waals surface area contributed by atoms with Crippen LogP contribution in [0.25, 0.3) is 0 Å². The number of phenols is 2. The van der Waals surface area contributed by atoms with Gasteiger partial charge in [-0.1, -0.05) is 13.3 Å². The molecule has 0 unspecified atom stereocenters. The molecule has 24 heavy (non-hydrogen) atoms. The Balaban J connectivity index is 1.81. The number of unbranched alkanes of at least 4 members (excludes halogenated alkanes) is 1. The maximum atomic E-state index is 12.4. The van der Waals surface area contributed by atoms with Gasteiger partial charge >= 0.3 is 6.09 Å². The summed E-state index contributed by atoms with van der Waals surface area (Å²) in [7, 11) is 0. The molecule has 0 saturated carbocycles. The van der Waals surface area contributed by atoms with Gasteiger partial charge in [-0.15, -0.1) is 0 Å². The fourth-order valence-electron chi connectivity index (χ4n) is 2.65. The molecular weight excluding hydrogens is 312 g/mol. The van der Waals surface area contributed by atoms with Crippen molar-refractivity contribution >= 4 is 12.0 Å². The van der Waals surface area contributed by atoms with Crippen LogP contribution in [0.4, 0.5) is 4.79 Å². The molecule has 0 radical (unpaired) electrons. The van der Waals surface area contributed by atoms with Gasteiger partial charge in [-0.3, -0.25) is 4.79 Å². The average Bonchev–Trinajstić information content (AvgIpc) is 2.54. The van der Waals surface area contributed by atoms with Crippen LogP contribution in [-0.2, 0) is 4.74 Å². The molecule has 1 aromatic rings. The first kappa shape index (κ1) is 17.9. The highest BCUT2D eigenvalue weighted by Crippen LogP contribution is 2.22. The lowest BCUT2D eigenvalue weighted by Gasteiger charge is -2.32. The molecule has 7 nitrogen and oxygen atoms in total. The second-order valence-corrected chi connectivity index (χ2v) is 5.94. The fraction of sp³-hybridized carbons (Fsp3) is 0.529. The van der Waals surface area contributed by atoms with Crippen LogP contribution in [0.15, 0.2) is 18.2 Å². The summed E-state index contributed by atoms with van der Waals surface area (Å²) in [6, 6.07) is 3.83. The van der Waals surface area contributed by atoms with E-state index in [1.54, 1.807) is 4.90 Å². The van der Waals surface area contributed by atoms with E-state index in [9.17, 15) is 19.8 Å². The average molecular weight is 336 g/mol. The van der Waals surface area contributed by atoms with Crippen LogP contribution in [0.3, 0.4) is 0 Å². The van der Waals surface area contributed by atoms with Crippen LogP contribution >= 0.6 is 0 Å². The van der Waals surface area contributed by atoms with Crippen LogP contribution < -0.4 is 5.32 Å². The molecule has 0 atom stereocenters. The van der Waals surface area contributed by atoms with Crippen molar-refractivity contribution in [3.05, 3.63) is 23.8 Å². The second kappa shape index (κ2) is 8.42. The Kier molecular flexibility index (Phi) is 6.28. The summed E-state index contributed by atoms with van der Waals surface area (Å²) in [5.41, 5.74) is 0.248. The molecular formula is C17H24N2O5. The number of nitrogens with zero attached hydrogens (tertiary/aromatic N) is 1. The van der Waals surface area contributed by atoms with Gasteiger partial charge in [0.1, 0.15) is 11.5 Å². The zero-order valence-corrected chi connectivity index (χ0v) is 13.8. The quantitative estimate of drug-likeness (QED) is 0.716. The number of phenolic OH excluding ortho intramolecular Hbond substituents is 2. The van der Waals surface area contributed by atoms with E-state index in [-0.39, 0.29) is 29.0 Å². The Morgan fingerprint density at radius 3 is 2.42 bits per heavy atom. The van der Waals surface area contributed by atoms with E-state index in [2.05, 4.69) is 5.32 Å². The van der Waals surface area contributed by atoms with E-state index >= 15 is 0 Å². The number of nitrogens with one attached hydrogen (secondary N) is 1. The van der Waals surface area contributed by atoms with Crippen LogP contribution in [0, 0.1) is 0 Å². The lowest BCUT2D eigenvalue weighted by atomic mass is 10.0. The molecule has 132 valence electrons. The fourth-order valence-corrected chi connectivity index (χ4v) is 2.65. The summed E-state index contributed by atoms with van der Waals surface area (Å²) < 4.78 is 5.07. The highest BCUT2D eigenvalue weighted by Gasteiger charge is 2.25. The normalized spacial score (nSPS) is 15.1. The van der Waals surface area contributed by atoms with E-state index < -0.39 is 6.09 Å². The predicted octanol–water partition coefficient (Wildman–Crippen LogP) is 2.23.